The van der Waals surface area contributed by atoms with Gasteiger partial charge >= 0.3 is 0 Å². The Morgan fingerprint density at radius 3 is 2.96 bits per heavy atom. The highest BCUT2D eigenvalue weighted by Gasteiger charge is 2.28. The Balaban J connectivity index is 1.75. The van der Waals surface area contributed by atoms with Crippen LogP contribution in [-0.4, -0.2) is 27.0 Å². The second-order valence-electron chi connectivity index (χ2n) is 5.88. The van der Waals surface area contributed by atoms with E-state index in [2.05, 4.69) is 15.0 Å². The predicted molar refractivity (Wildman–Crippen MR) is 87.2 cm³/mol. The molecule has 1 saturated heterocycles. The van der Waals surface area contributed by atoms with Crippen LogP contribution in [0.1, 0.15) is 34.9 Å². The molecule has 0 spiro atoms. The van der Waals surface area contributed by atoms with E-state index in [-0.39, 0.29) is 17.6 Å². The maximum absolute atomic E-state index is 13.6. The lowest BCUT2D eigenvalue weighted by Crippen LogP contribution is -2.25. The van der Waals surface area contributed by atoms with Crippen LogP contribution >= 0.6 is 0 Å². The minimum atomic E-state index is -0.574. The zero-order valence-electron chi connectivity index (χ0n) is 12.9. The van der Waals surface area contributed by atoms with E-state index in [4.69, 9.17) is 5.73 Å². The Morgan fingerprint density at radius 1 is 1.29 bits per heavy atom. The van der Waals surface area contributed by atoms with Crippen molar-refractivity contribution in [2.24, 2.45) is 5.73 Å². The van der Waals surface area contributed by atoms with E-state index in [1.807, 2.05) is 12.1 Å². The number of hydrogen-bond acceptors (Lipinski definition) is 4. The molecule has 1 aliphatic heterocycles. The van der Waals surface area contributed by atoms with Gasteiger partial charge in [-0.25, -0.2) is 13.9 Å². The van der Waals surface area contributed by atoms with Gasteiger partial charge in [0.2, 0.25) is 0 Å². The molecule has 7 heteroatoms. The van der Waals surface area contributed by atoms with Crippen LogP contribution in [0.2, 0.25) is 0 Å². The van der Waals surface area contributed by atoms with E-state index in [0.717, 1.165) is 30.8 Å². The zero-order chi connectivity index (χ0) is 16.7. The predicted octanol–water partition coefficient (Wildman–Crippen LogP) is 2.31. The molecular formula is C17H16FN5O. The first-order valence-corrected chi connectivity index (χ1v) is 7.80. The molecule has 3 aromatic rings. The molecule has 1 atom stereocenters. The molecule has 1 aromatic carbocycles. The first-order valence-electron chi connectivity index (χ1n) is 7.80. The van der Waals surface area contributed by atoms with E-state index in [1.165, 1.54) is 16.8 Å². The van der Waals surface area contributed by atoms with Gasteiger partial charge in [0.15, 0.2) is 5.65 Å². The first-order chi connectivity index (χ1) is 11.6. The summed E-state index contributed by atoms with van der Waals surface area (Å²) in [6.45, 7) is 0.820. The molecule has 3 heterocycles. The molecule has 0 bridgehead atoms. The van der Waals surface area contributed by atoms with Crippen LogP contribution in [-0.2, 0) is 0 Å². The average molecular weight is 325 g/mol. The fourth-order valence-electron chi connectivity index (χ4n) is 3.29. The topological polar surface area (TPSA) is 76.5 Å². The lowest BCUT2D eigenvalue weighted by molar-refractivity contribution is 0.0993. The molecule has 4 rings (SSSR count). The van der Waals surface area contributed by atoms with Gasteiger partial charge in [-0.3, -0.25) is 4.79 Å². The summed E-state index contributed by atoms with van der Waals surface area (Å²) in [5, 5.41) is 4.52. The number of nitrogens with two attached hydrogens (primary N) is 1. The monoisotopic (exact) mass is 325 g/mol. The van der Waals surface area contributed by atoms with Crippen molar-refractivity contribution in [3.63, 3.8) is 0 Å². The van der Waals surface area contributed by atoms with E-state index in [9.17, 15) is 9.18 Å². The fourth-order valence-corrected chi connectivity index (χ4v) is 3.29. The Morgan fingerprint density at radius 2 is 2.17 bits per heavy atom. The van der Waals surface area contributed by atoms with E-state index >= 15 is 0 Å². The number of imidazole rings is 1. The third kappa shape index (κ3) is 2.38. The quantitative estimate of drug-likeness (QED) is 0.802. The molecule has 1 amide bonds. The third-order valence-electron chi connectivity index (χ3n) is 4.38. The van der Waals surface area contributed by atoms with Gasteiger partial charge < -0.3 is 10.6 Å². The molecule has 122 valence electrons. The minimum absolute atomic E-state index is 0.0613. The maximum Gasteiger partial charge on any atom is 0.269 e. The number of anilines is 1. The molecule has 1 aliphatic rings. The van der Waals surface area contributed by atoms with Gasteiger partial charge in [0, 0.05) is 6.54 Å². The van der Waals surface area contributed by atoms with E-state index in [0.29, 0.717) is 5.65 Å². The van der Waals surface area contributed by atoms with Crippen LogP contribution in [0.15, 0.2) is 42.6 Å². The van der Waals surface area contributed by atoms with Crippen LogP contribution < -0.4 is 10.6 Å². The lowest BCUT2D eigenvalue weighted by atomic mass is 10.0. The second kappa shape index (κ2) is 5.59. The number of hydrogen-bond donors (Lipinski definition) is 1. The Kier molecular flexibility index (Phi) is 3.41. The normalized spacial score (nSPS) is 17.5. The van der Waals surface area contributed by atoms with Crippen LogP contribution in [0.25, 0.3) is 5.65 Å². The summed E-state index contributed by atoms with van der Waals surface area (Å²) in [6.07, 6.45) is 3.34. The SMILES string of the molecule is NC(=O)c1cnc2ccc(N3CCC[C@@H]3c3cccc(F)c3)nn12. The molecule has 2 N–H and O–H groups in total. The number of carbonyl (C=O) groups excluding carboxylic acids is 1. The van der Waals surface area contributed by atoms with Crippen molar-refractivity contribution in [3.05, 3.63) is 59.7 Å². The smallest absolute Gasteiger partial charge is 0.269 e. The van der Waals surface area contributed by atoms with Crippen LogP contribution in [0, 0.1) is 5.82 Å². The Hall–Kier alpha value is -2.96. The number of primary amides is 1. The van der Waals surface area contributed by atoms with Crippen LogP contribution in [0.3, 0.4) is 0 Å². The summed E-state index contributed by atoms with van der Waals surface area (Å²) in [5.74, 6) is -0.0987. The van der Waals surface area contributed by atoms with Gasteiger partial charge in [-0.05, 0) is 42.7 Å². The molecule has 0 radical (unpaired) electrons. The minimum Gasteiger partial charge on any atom is -0.364 e. The Labute approximate surface area is 137 Å². The zero-order valence-corrected chi connectivity index (χ0v) is 12.9. The second-order valence-corrected chi connectivity index (χ2v) is 5.88. The van der Waals surface area contributed by atoms with Crippen molar-refractivity contribution in [2.75, 3.05) is 11.4 Å². The fraction of sp³-hybridized carbons (Fsp3) is 0.235. The van der Waals surface area contributed by atoms with Crippen LogP contribution in [0.5, 0.6) is 0 Å². The molecular weight excluding hydrogens is 309 g/mol. The van der Waals surface area contributed by atoms with Gasteiger partial charge in [0.25, 0.3) is 5.91 Å². The average Bonchev–Trinajstić information content (AvgIpc) is 3.21. The van der Waals surface area contributed by atoms with Gasteiger partial charge in [-0.15, -0.1) is 5.10 Å². The number of benzene rings is 1. The number of aromatic nitrogens is 3. The third-order valence-corrected chi connectivity index (χ3v) is 4.38. The van der Waals surface area contributed by atoms with Crippen LogP contribution in [0.4, 0.5) is 10.2 Å². The van der Waals surface area contributed by atoms with Crippen molar-refractivity contribution in [1.29, 1.82) is 0 Å². The van der Waals surface area contributed by atoms with Crippen molar-refractivity contribution < 1.29 is 9.18 Å². The lowest BCUT2D eigenvalue weighted by Gasteiger charge is -2.26. The largest absolute Gasteiger partial charge is 0.364 e. The molecule has 0 saturated carbocycles. The molecule has 0 unspecified atom stereocenters. The summed E-state index contributed by atoms with van der Waals surface area (Å²) in [6, 6.07) is 10.4. The highest BCUT2D eigenvalue weighted by atomic mass is 19.1. The molecule has 24 heavy (non-hydrogen) atoms. The maximum atomic E-state index is 13.6. The van der Waals surface area contributed by atoms with Crippen molar-refractivity contribution >= 4 is 17.4 Å². The summed E-state index contributed by atoms with van der Waals surface area (Å²) in [4.78, 5) is 17.7. The van der Waals surface area contributed by atoms with Gasteiger partial charge in [0.1, 0.15) is 17.3 Å². The van der Waals surface area contributed by atoms with Gasteiger partial charge in [-0.1, -0.05) is 12.1 Å². The number of carbonyl (C=O) groups is 1. The van der Waals surface area contributed by atoms with Crippen molar-refractivity contribution in [1.82, 2.24) is 14.6 Å². The van der Waals surface area contributed by atoms with Crippen molar-refractivity contribution in [3.8, 4) is 0 Å². The number of fused-ring (bicyclic) bond motifs is 1. The summed E-state index contributed by atoms with van der Waals surface area (Å²) < 4.78 is 15.0. The van der Waals surface area contributed by atoms with E-state index < -0.39 is 5.91 Å². The van der Waals surface area contributed by atoms with Gasteiger partial charge in [0.05, 0.1) is 12.2 Å². The molecule has 1 fully saturated rings. The summed E-state index contributed by atoms with van der Waals surface area (Å²) >= 11 is 0. The highest BCUT2D eigenvalue weighted by Crippen LogP contribution is 2.35. The Bertz CT molecular complexity index is 922. The van der Waals surface area contributed by atoms with Crippen molar-refractivity contribution in [2.45, 2.75) is 18.9 Å². The van der Waals surface area contributed by atoms with E-state index in [1.54, 1.807) is 18.2 Å². The molecule has 0 aliphatic carbocycles. The van der Waals surface area contributed by atoms with Gasteiger partial charge in [-0.2, -0.15) is 0 Å². The molecule has 6 nitrogen and oxygen atoms in total. The summed E-state index contributed by atoms with van der Waals surface area (Å²) in [7, 11) is 0. The first kappa shape index (κ1) is 14.6. The number of nitrogens with zero attached hydrogens (tertiary/aromatic N) is 4. The standard InChI is InChI=1S/C17H16FN5O/c18-12-4-1-3-11(9-12)13-5-2-8-22(13)16-7-6-15-20-10-14(17(19)24)23(15)21-16/h1,3-4,6-7,9-10,13H,2,5,8H2,(H2,19,24)/t13-/m1/s1. The number of rotatable bonds is 3. The number of amides is 1. The number of halogens is 1. The molecule has 2 aromatic heterocycles. The highest BCUT2D eigenvalue weighted by molar-refractivity contribution is 5.91. The summed E-state index contributed by atoms with van der Waals surface area (Å²) in [5.41, 5.74) is 7.10.